The Hall–Kier alpha value is 1.59. The van der Waals surface area contributed by atoms with Gasteiger partial charge in [-0.05, 0) is 26.3 Å². The van der Waals surface area contributed by atoms with Gasteiger partial charge in [0, 0.05) is 6.54 Å². The van der Waals surface area contributed by atoms with Gasteiger partial charge in [0.1, 0.15) is 0 Å². The molecule has 0 aromatic heterocycles. The first-order valence-electron chi connectivity index (χ1n) is 4.98. The van der Waals surface area contributed by atoms with Gasteiger partial charge in [-0.3, -0.25) is 0 Å². The molecule has 1 N–H and O–H groups in total. The number of piperidine rings is 1. The van der Waals surface area contributed by atoms with Gasteiger partial charge in [0.25, 0.3) is 0 Å². The Bertz CT molecular complexity index is 152. The van der Waals surface area contributed by atoms with Crippen molar-refractivity contribution in [3.8, 4) is 0 Å². The first kappa shape index (κ1) is 21.8. The summed E-state index contributed by atoms with van der Waals surface area (Å²) in [6.07, 6.45) is 4.84. The van der Waals surface area contributed by atoms with Crippen LogP contribution in [0.5, 0.6) is 0 Å². The summed E-state index contributed by atoms with van der Waals surface area (Å²) < 4.78 is 0. The first-order valence-corrected chi connectivity index (χ1v) is 4.98. The number of hydrogen-bond acceptors (Lipinski definition) is 2. The molecular formula is C11H23ClKNO. The standard InChI is InChI=1S/C7H13N.C4H9O.ClH.K/c1-2-7-4-3-5-8-6-7;1-4(2,3)5;;/h2,8H,3-6H2,1H3;1-3H3;1H;/q;-1;;+1. The predicted octanol–water partition coefficient (Wildman–Crippen LogP) is -1.11. The van der Waals surface area contributed by atoms with E-state index in [0.29, 0.717) is 0 Å². The van der Waals surface area contributed by atoms with Gasteiger partial charge in [0.2, 0.25) is 0 Å². The van der Waals surface area contributed by atoms with Gasteiger partial charge in [0.15, 0.2) is 0 Å². The fourth-order valence-electron chi connectivity index (χ4n) is 1.02. The van der Waals surface area contributed by atoms with Crippen molar-refractivity contribution in [3.63, 3.8) is 0 Å². The van der Waals surface area contributed by atoms with Crippen LogP contribution in [-0.4, -0.2) is 18.7 Å². The van der Waals surface area contributed by atoms with E-state index in [0.717, 1.165) is 6.54 Å². The topological polar surface area (TPSA) is 35.1 Å². The third kappa shape index (κ3) is 21.4. The first-order chi connectivity index (χ1) is 5.93. The van der Waals surface area contributed by atoms with Crippen LogP contribution in [0.3, 0.4) is 0 Å². The van der Waals surface area contributed by atoms with Gasteiger partial charge < -0.3 is 10.4 Å². The van der Waals surface area contributed by atoms with Crippen molar-refractivity contribution < 1.29 is 56.5 Å². The van der Waals surface area contributed by atoms with E-state index < -0.39 is 5.60 Å². The Labute approximate surface area is 143 Å². The molecule has 0 bridgehead atoms. The van der Waals surface area contributed by atoms with E-state index in [9.17, 15) is 5.11 Å². The zero-order chi connectivity index (χ0) is 10.3. The zero-order valence-electron chi connectivity index (χ0n) is 10.7. The van der Waals surface area contributed by atoms with Crippen LogP contribution in [0.25, 0.3) is 0 Å². The van der Waals surface area contributed by atoms with Gasteiger partial charge in [-0.25, -0.2) is 0 Å². The van der Waals surface area contributed by atoms with Crippen molar-refractivity contribution in [2.45, 2.75) is 46.1 Å². The van der Waals surface area contributed by atoms with Crippen molar-refractivity contribution in [3.05, 3.63) is 11.6 Å². The maximum atomic E-state index is 10.1. The molecule has 1 heterocycles. The van der Waals surface area contributed by atoms with Gasteiger partial charge in [-0.1, -0.05) is 32.4 Å². The maximum absolute atomic E-state index is 10.1. The van der Waals surface area contributed by atoms with Crippen molar-refractivity contribution in [1.82, 2.24) is 5.32 Å². The second-order valence-corrected chi connectivity index (χ2v) is 4.34. The Kier molecular flexibility index (Phi) is 17.5. The Morgan fingerprint density at radius 3 is 2.00 bits per heavy atom. The number of allylic oxidation sites excluding steroid dienone is 1. The summed E-state index contributed by atoms with van der Waals surface area (Å²) in [6, 6.07) is 0. The second-order valence-electron chi connectivity index (χ2n) is 4.34. The molecule has 4 heteroatoms. The molecular weight excluding hydrogens is 237 g/mol. The minimum Gasteiger partial charge on any atom is -0.850 e. The summed E-state index contributed by atoms with van der Waals surface area (Å²) in [6.45, 7) is 9.34. The monoisotopic (exact) mass is 259 g/mol. The fraction of sp³-hybridized carbons (Fsp3) is 0.818. The van der Waals surface area contributed by atoms with Crippen molar-refractivity contribution in [1.29, 1.82) is 0 Å². The molecule has 1 aliphatic heterocycles. The van der Waals surface area contributed by atoms with Crippen LogP contribution < -0.4 is 61.8 Å². The molecule has 1 aliphatic rings. The van der Waals surface area contributed by atoms with Gasteiger partial charge in [-0.2, -0.15) is 0 Å². The summed E-state index contributed by atoms with van der Waals surface area (Å²) >= 11 is 0. The van der Waals surface area contributed by atoms with Gasteiger partial charge in [-0.15, -0.1) is 18.0 Å². The van der Waals surface area contributed by atoms with E-state index in [1.807, 2.05) is 0 Å². The molecule has 1 rings (SSSR count). The van der Waals surface area contributed by atoms with E-state index in [1.54, 1.807) is 26.3 Å². The molecule has 0 saturated carbocycles. The van der Waals surface area contributed by atoms with Crippen molar-refractivity contribution in [2.24, 2.45) is 0 Å². The quantitative estimate of drug-likeness (QED) is 0.442. The third-order valence-corrected chi connectivity index (χ3v) is 1.61. The Balaban J connectivity index is -0.000000185. The Morgan fingerprint density at radius 1 is 1.33 bits per heavy atom. The van der Waals surface area contributed by atoms with Crippen molar-refractivity contribution in [2.75, 3.05) is 13.1 Å². The largest absolute Gasteiger partial charge is 1.00 e. The SMILES string of the molecule is CC(C)(C)[O-].CC=C1CCCNC1.Cl.[K+]. The molecule has 0 aromatic rings. The van der Waals surface area contributed by atoms with Crippen molar-refractivity contribution >= 4 is 12.4 Å². The normalized spacial score (nSPS) is 18.1. The molecule has 0 radical (unpaired) electrons. The average Bonchev–Trinajstić information content (AvgIpc) is 2.03. The average molecular weight is 260 g/mol. The van der Waals surface area contributed by atoms with E-state index in [-0.39, 0.29) is 63.8 Å². The summed E-state index contributed by atoms with van der Waals surface area (Å²) in [5, 5.41) is 13.4. The van der Waals surface area contributed by atoms with E-state index in [2.05, 4.69) is 18.3 Å². The van der Waals surface area contributed by atoms with Crippen LogP contribution in [0.4, 0.5) is 0 Å². The van der Waals surface area contributed by atoms with E-state index in [1.165, 1.54) is 19.4 Å². The molecule has 0 amide bonds. The summed E-state index contributed by atoms with van der Waals surface area (Å²) in [7, 11) is 0. The molecule has 0 atom stereocenters. The molecule has 86 valence electrons. The molecule has 0 unspecified atom stereocenters. The molecule has 15 heavy (non-hydrogen) atoms. The van der Waals surface area contributed by atoms with Crippen LogP contribution in [0.1, 0.15) is 40.5 Å². The van der Waals surface area contributed by atoms with Crippen LogP contribution in [-0.2, 0) is 0 Å². The molecule has 1 fully saturated rings. The number of rotatable bonds is 0. The van der Waals surface area contributed by atoms with E-state index >= 15 is 0 Å². The number of nitrogens with one attached hydrogen (secondary N) is 1. The molecule has 0 spiro atoms. The molecule has 0 aliphatic carbocycles. The number of halogens is 1. The van der Waals surface area contributed by atoms with Crippen LogP contribution in [0, 0.1) is 0 Å². The number of hydrogen-bond donors (Lipinski definition) is 1. The molecule has 0 aromatic carbocycles. The second kappa shape index (κ2) is 12.1. The maximum Gasteiger partial charge on any atom is 1.00 e. The van der Waals surface area contributed by atoms with Gasteiger partial charge >= 0.3 is 51.4 Å². The molecule has 1 saturated heterocycles. The van der Waals surface area contributed by atoms with Crippen LogP contribution in [0.15, 0.2) is 11.6 Å². The fourth-order valence-corrected chi connectivity index (χ4v) is 1.02. The summed E-state index contributed by atoms with van der Waals surface area (Å²) in [4.78, 5) is 0. The third-order valence-electron chi connectivity index (χ3n) is 1.61. The minimum absolute atomic E-state index is 0. The Morgan fingerprint density at radius 2 is 1.80 bits per heavy atom. The van der Waals surface area contributed by atoms with E-state index in [4.69, 9.17) is 0 Å². The van der Waals surface area contributed by atoms with Crippen LogP contribution >= 0.6 is 12.4 Å². The summed E-state index contributed by atoms with van der Waals surface area (Å²) in [5.41, 5.74) is 0.816. The van der Waals surface area contributed by atoms with Gasteiger partial charge in [0.05, 0.1) is 0 Å². The predicted molar refractivity (Wildman–Crippen MR) is 62.9 cm³/mol. The zero-order valence-corrected chi connectivity index (χ0v) is 14.7. The summed E-state index contributed by atoms with van der Waals surface area (Å²) in [5.74, 6) is 0. The molecule has 2 nitrogen and oxygen atoms in total. The smallest absolute Gasteiger partial charge is 0.850 e. The minimum atomic E-state index is -0.750. The van der Waals surface area contributed by atoms with Crippen LogP contribution in [0.2, 0.25) is 0 Å².